The standard InChI is InChI=1S/C15H25N3S/c1-3-18(4-2)15-13(6-5-9-16-15)12-17-14-7-10-19-11-8-14/h5-6,9,14,17H,3-4,7-8,10-12H2,1-2H3. The van der Waals surface area contributed by atoms with E-state index in [4.69, 9.17) is 0 Å². The molecule has 1 aromatic heterocycles. The Bertz CT molecular complexity index is 373. The third-order valence-corrected chi connectivity index (χ3v) is 4.78. The molecule has 1 saturated heterocycles. The molecule has 0 aliphatic carbocycles. The molecule has 4 heteroatoms. The van der Waals surface area contributed by atoms with Crippen molar-refractivity contribution in [2.75, 3.05) is 29.5 Å². The van der Waals surface area contributed by atoms with Gasteiger partial charge in [-0.15, -0.1) is 0 Å². The lowest BCUT2D eigenvalue weighted by molar-refractivity contribution is 0.481. The van der Waals surface area contributed by atoms with Crippen molar-refractivity contribution in [1.82, 2.24) is 10.3 Å². The first-order valence-electron chi connectivity index (χ1n) is 7.35. The maximum Gasteiger partial charge on any atom is 0.132 e. The van der Waals surface area contributed by atoms with Crippen molar-refractivity contribution in [2.24, 2.45) is 0 Å². The molecule has 0 atom stereocenters. The van der Waals surface area contributed by atoms with Crippen molar-refractivity contribution in [3.8, 4) is 0 Å². The average Bonchev–Trinajstić information content (AvgIpc) is 2.48. The van der Waals surface area contributed by atoms with E-state index in [-0.39, 0.29) is 0 Å². The molecule has 0 bridgehead atoms. The van der Waals surface area contributed by atoms with E-state index in [2.05, 4.69) is 46.9 Å². The van der Waals surface area contributed by atoms with Gasteiger partial charge in [0.05, 0.1) is 0 Å². The fourth-order valence-electron chi connectivity index (χ4n) is 2.53. The highest BCUT2D eigenvalue weighted by Crippen LogP contribution is 2.20. The van der Waals surface area contributed by atoms with Gasteiger partial charge < -0.3 is 10.2 Å². The van der Waals surface area contributed by atoms with E-state index in [0.717, 1.165) is 25.5 Å². The second-order valence-corrected chi connectivity index (χ2v) is 6.15. The summed E-state index contributed by atoms with van der Waals surface area (Å²) >= 11 is 2.08. The number of anilines is 1. The summed E-state index contributed by atoms with van der Waals surface area (Å²) in [6.07, 6.45) is 4.49. The highest BCUT2D eigenvalue weighted by Gasteiger charge is 2.14. The molecule has 1 aliphatic heterocycles. The summed E-state index contributed by atoms with van der Waals surface area (Å²) in [5.74, 6) is 3.74. The van der Waals surface area contributed by atoms with Crippen LogP contribution in [-0.2, 0) is 6.54 Å². The zero-order valence-corrected chi connectivity index (χ0v) is 12.9. The zero-order valence-electron chi connectivity index (χ0n) is 12.1. The Balaban J connectivity index is 1.98. The van der Waals surface area contributed by atoms with Crippen LogP contribution in [0.5, 0.6) is 0 Å². The summed E-state index contributed by atoms with van der Waals surface area (Å²) in [6.45, 7) is 7.34. The van der Waals surface area contributed by atoms with Gasteiger partial charge >= 0.3 is 0 Å². The largest absolute Gasteiger partial charge is 0.357 e. The Morgan fingerprint density at radius 1 is 1.32 bits per heavy atom. The predicted octanol–water partition coefficient (Wildman–Crippen LogP) is 2.91. The van der Waals surface area contributed by atoms with E-state index in [1.54, 1.807) is 0 Å². The lowest BCUT2D eigenvalue weighted by Gasteiger charge is -2.25. The molecule has 2 rings (SSSR count). The fraction of sp³-hybridized carbons (Fsp3) is 0.667. The number of rotatable bonds is 6. The zero-order chi connectivity index (χ0) is 13.5. The molecule has 1 fully saturated rings. The second-order valence-electron chi connectivity index (χ2n) is 4.93. The lowest BCUT2D eigenvalue weighted by Crippen LogP contribution is -2.33. The Hall–Kier alpha value is -0.740. The van der Waals surface area contributed by atoms with Crippen LogP contribution in [0.1, 0.15) is 32.3 Å². The number of thioether (sulfide) groups is 1. The number of nitrogens with zero attached hydrogens (tertiary/aromatic N) is 2. The minimum absolute atomic E-state index is 0.686. The van der Waals surface area contributed by atoms with Gasteiger partial charge in [-0.1, -0.05) is 6.07 Å². The number of hydrogen-bond donors (Lipinski definition) is 1. The molecule has 0 unspecified atom stereocenters. The van der Waals surface area contributed by atoms with Crippen LogP contribution in [0.2, 0.25) is 0 Å². The Labute approximate surface area is 121 Å². The van der Waals surface area contributed by atoms with Gasteiger partial charge in [0.1, 0.15) is 5.82 Å². The van der Waals surface area contributed by atoms with Crippen LogP contribution in [0.3, 0.4) is 0 Å². The topological polar surface area (TPSA) is 28.2 Å². The number of hydrogen-bond acceptors (Lipinski definition) is 4. The highest BCUT2D eigenvalue weighted by atomic mass is 32.2. The van der Waals surface area contributed by atoms with Gasteiger partial charge in [-0.05, 0) is 44.3 Å². The maximum absolute atomic E-state index is 4.57. The van der Waals surface area contributed by atoms with Gasteiger partial charge in [-0.25, -0.2) is 4.98 Å². The van der Waals surface area contributed by atoms with Gasteiger partial charge in [-0.3, -0.25) is 0 Å². The van der Waals surface area contributed by atoms with Gasteiger partial charge in [0.2, 0.25) is 0 Å². The van der Waals surface area contributed by atoms with Gasteiger partial charge in [-0.2, -0.15) is 11.8 Å². The third kappa shape index (κ3) is 4.11. The van der Waals surface area contributed by atoms with Crippen LogP contribution in [0.15, 0.2) is 18.3 Å². The van der Waals surface area contributed by atoms with Gasteiger partial charge in [0, 0.05) is 37.4 Å². The van der Waals surface area contributed by atoms with E-state index < -0.39 is 0 Å². The van der Waals surface area contributed by atoms with Crippen molar-refractivity contribution in [3.63, 3.8) is 0 Å². The fourth-order valence-corrected chi connectivity index (χ4v) is 3.64. The molecule has 19 heavy (non-hydrogen) atoms. The molecule has 2 heterocycles. The molecule has 0 radical (unpaired) electrons. The van der Waals surface area contributed by atoms with Crippen molar-refractivity contribution in [2.45, 2.75) is 39.3 Å². The first-order chi connectivity index (χ1) is 9.35. The summed E-state index contributed by atoms with van der Waals surface area (Å²) in [7, 11) is 0. The highest BCUT2D eigenvalue weighted by molar-refractivity contribution is 7.99. The van der Waals surface area contributed by atoms with Crippen LogP contribution in [-0.4, -0.2) is 35.6 Å². The molecule has 106 valence electrons. The summed E-state index contributed by atoms with van der Waals surface area (Å²) in [6, 6.07) is 4.93. The van der Waals surface area contributed by atoms with Gasteiger partial charge in [0.25, 0.3) is 0 Å². The minimum atomic E-state index is 0.686. The van der Waals surface area contributed by atoms with Crippen LogP contribution in [0.4, 0.5) is 5.82 Å². The predicted molar refractivity (Wildman–Crippen MR) is 85.0 cm³/mol. The van der Waals surface area contributed by atoms with Crippen molar-refractivity contribution in [1.29, 1.82) is 0 Å². The molecular weight excluding hydrogens is 254 g/mol. The molecule has 1 aromatic rings. The van der Waals surface area contributed by atoms with Crippen LogP contribution in [0.25, 0.3) is 0 Å². The Morgan fingerprint density at radius 3 is 2.74 bits per heavy atom. The third-order valence-electron chi connectivity index (χ3n) is 3.73. The van der Waals surface area contributed by atoms with E-state index in [9.17, 15) is 0 Å². The quantitative estimate of drug-likeness (QED) is 0.866. The van der Waals surface area contributed by atoms with Crippen molar-refractivity contribution in [3.05, 3.63) is 23.9 Å². The first kappa shape index (κ1) is 14.7. The Morgan fingerprint density at radius 2 is 2.05 bits per heavy atom. The molecule has 0 amide bonds. The molecule has 1 N–H and O–H groups in total. The summed E-state index contributed by atoms with van der Waals surface area (Å²) in [5, 5.41) is 3.70. The van der Waals surface area contributed by atoms with E-state index in [1.165, 1.54) is 29.9 Å². The molecule has 0 spiro atoms. The monoisotopic (exact) mass is 279 g/mol. The van der Waals surface area contributed by atoms with Gasteiger partial charge in [0.15, 0.2) is 0 Å². The molecule has 0 aromatic carbocycles. The normalized spacial score (nSPS) is 16.5. The summed E-state index contributed by atoms with van der Waals surface area (Å²) in [4.78, 5) is 6.89. The number of aromatic nitrogens is 1. The van der Waals surface area contributed by atoms with Crippen LogP contribution >= 0.6 is 11.8 Å². The SMILES string of the molecule is CCN(CC)c1ncccc1CNC1CCSCC1. The lowest BCUT2D eigenvalue weighted by atomic mass is 10.1. The minimum Gasteiger partial charge on any atom is -0.357 e. The van der Waals surface area contributed by atoms with Crippen molar-refractivity contribution >= 4 is 17.6 Å². The van der Waals surface area contributed by atoms with E-state index in [1.807, 2.05) is 12.3 Å². The number of nitrogens with one attached hydrogen (secondary N) is 1. The smallest absolute Gasteiger partial charge is 0.132 e. The molecule has 1 aliphatic rings. The molecular formula is C15H25N3S. The average molecular weight is 279 g/mol. The summed E-state index contributed by atoms with van der Waals surface area (Å²) < 4.78 is 0. The van der Waals surface area contributed by atoms with E-state index in [0.29, 0.717) is 6.04 Å². The molecule has 3 nitrogen and oxygen atoms in total. The van der Waals surface area contributed by atoms with E-state index >= 15 is 0 Å². The summed E-state index contributed by atoms with van der Waals surface area (Å²) in [5.41, 5.74) is 1.32. The maximum atomic E-state index is 4.57. The second kappa shape index (κ2) is 7.75. The number of pyridine rings is 1. The molecule has 0 saturated carbocycles. The first-order valence-corrected chi connectivity index (χ1v) is 8.50. The van der Waals surface area contributed by atoms with Crippen molar-refractivity contribution < 1.29 is 0 Å². The van der Waals surface area contributed by atoms with Crippen LogP contribution in [0, 0.1) is 0 Å². The Kier molecular flexibility index (Phi) is 5.98. The van der Waals surface area contributed by atoms with Crippen LogP contribution < -0.4 is 10.2 Å².